The van der Waals surface area contributed by atoms with Crippen LogP contribution in [0, 0.1) is 22.7 Å². The van der Waals surface area contributed by atoms with Crippen LogP contribution in [-0.4, -0.2) is 104 Å². The van der Waals surface area contributed by atoms with Crippen molar-refractivity contribution >= 4 is 29.0 Å². The average Bonchev–Trinajstić information content (AvgIpc) is 3.52. The van der Waals surface area contributed by atoms with E-state index in [1.807, 2.05) is 68.4 Å². The van der Waals surface area contributed by atoms with Crippen LogP contribution in [0.25, 0.3) is 5.57 Å². The van der Waals surface area contributed by atoms with Gasteiger partial charge < -0.3 is 34.6 Å². The normalized spacial score (nSPS) is 30.9. The lowest BCUT2D eigenvalue weighted by Gasteiger charge is -2.62. The van der Waals surface area contributed by atoms with E-state index >= 15 is 0 Å². The molecule has 280 valence electrons. The number of anilines is 2. The van der Waals surface area contributed by atoms with Gasteiger partial charge in [-0.05, 0) is 85.8 Å². The van der Waals surface area contributed by atoms with Gasteiger partial charge in [-0.25, -0.2) is 14.6 Å². The van der Waals surface area contributed by atoms with Crippen LogP contribution in [0.1, 0.15) is 52.0 Å². The van der Waals surface area contributed by atoms with Gasteiger partial charge in [0, 0.05) is 50.5 Å². The van der Waals surface area contributed by atoms with Crippen molar-refractivity contribution in [2.24, 2.45) is 22.7 Å². The lowest BCUT2D eigenvalue weighted by molar-refractivity contribution is -0.163. The number of benzene rings is 1. The van der Waals surface area contributed by atoms with Crippen LogP contribution in [0.5, 0.6) is 0 Å². The molecule has 0 radical (unpaired) electrons. The largest absolute Gasteiger partial charge is 0.462 e. The van der Waals surface area contributed by atoms with Crippen LogP contribution < -0.4 is 10.2 Å². The Morgan fingerprint density at radius 3 is 2.54 bits per heavy atom. The van der Waals surface area contributed by atoms with E-state index in [9.17, 15) is 19.8 Å². The molecule has 1 saturated heterocycles. The van der Waals surface area contributed by atoms with Crippen LogP contribution in [0.2, 0.25) is 0 Å². The number of morpholine rings is 1. The number of hydrogen-bond acceptors (Lipinski definition) is 11. The Labute approximate surface area is 307 Å². The molecule has 0 spiro atoms. The number of nitrogens with zero attached hydrogens (tertiary/aromatic N) is 3. The second kappa shape index (κ2) is 15.5. The zero-order valence-corrected chi connectivity index (χ0v) is 31.1. The Morgan fingerprint density at radius 2 is 1.90 bits per heavy atom. The summed E-state index contributed by atoms with van der Waals surface area (Å²) in [6.07, 6.45) is 5.28. The molecular formula is C41H54N4O7. The highest BCUT2D eigenvalue weighted by molar-refractivity contribution is 6.19. The van der Waals surface area contributed by atoms with Crippen molar-refractivity contribution in [3.63, 3.8) is 0 Å². The van der Waals surface area contributed by atoms with Crippen molar-refractivity contribution in [3.05, 3.63) is 83.8 Å². The van der Waals surface area contributed by atoms with Crippen molar-refractivity contribution in [2.45, 2.75) is 64.6 Å². The molecule has 0 amide bonds. The Balaban J connectivity index is 1.45. The number of hydrogen-bond donors (Lipinski definition) is 3. The summed E-state index contributed by atoms with van der Waals surface area (Å²) in [4.78, 5) is 36.4. The van der Waals surface area contributed by atoms with Crippen LogP contribution in [-0.2, 0) is 23.8 Å². The molecule has 6 rings (SSSR count). The number of aliphatic hydroxyl groups excluding tert-OH is 2. The van der Waals surface area contributed by atoms with E-state index in [1.54, 1.807) is 19.2 Å². The van der Waals surface area contributed by atoms with Crippen molar-refractivity contribution in [2.75, 3.05) is 63.8 Å². The van der Waals surface area contributed by atoms with Crippen molar-refractivity contribution in [3.8, 4) is 0 Å². The minimum absolute atomic E-state index is 0.0131. The first-order valence-corrected chi connectivity index (χ1v) is 18.5. The lowest BCUT2D eigenvalue weighted by atomic mass is 9.45. The number of fused-ring (bicyclic) bond motifs is 1. The van der Waals surface area contributed by atoms with Crippen LogP contribution in [0.4, 0.5) is 11.5 Å². The molecule has 2 saturated carbocycles. The van der Waals surface area contributed by atoms with Gasteiger partial charge in [-0.1, -0.05) is 44.2 Å². The standard InChI is InChI=1S/C41H54N4O7/c1-7-51-39(49)37(27-11-13-28(14-12-27)44(5)6)33-22-29(38(48)52-33)31(43-36-10-8-9-17-42-36)23-30-26(2)32(45-18-20-50-21-19-45)24-34-40(30,3)16-15-35(47)41(34,4)25-46/h8-14,17,22,30-32,34-35,46-47H,2,7,15-16,18-21,23-25H2,1,3-6H3,(H,42,43)/t30?,31?,32?,34?,35-,40-,41+/m1/s1. The minimum atomic E-state index is -0.710. The SMILES string of the molecule is C=C1C(N2CCOCC2)CC2[C@](C)(CC[C@@H](O)[C@@]2(C)CO)C1CC(Nc1ccccn1)C1=CC(=C(C(=O)OCC)c2ccc(N(C)C)cc2)OC1=O. The summed E-state index contributed by atoms with van der Waals surface area (Å²) in [6, 6.07) is 12.5. The molecule has 52 heavy (non-hydrogen) atoms. The fraction of sp³-hybridized carbons (Fsp3) is 0.537. The number of allylic oxidation sites excluding steroid dienone is 1. The van der Waals surface area contributed by atoms with Gasteiger partial charge in [0.25, 0.3) is 0 Å². The van der Waals surface area contributed by atoms with Gasteiger partial charge >= 0.3 is 11.9 Å². The van der Waals surface area contributed by atoms with E-state index in [4.69, 9.17) is 20.8 Å². The number of carbonyl (C=O) groups excluding carboxylic acids is 2. The smallest absolute Gasteiger partial charge is 0.342 e. The predicted octanol–water partition coefficient (Wildman–Crippen LogP) is 4.83. The first kappa shape index (κ1) is 37.7. The third-order valence-corrected chi connectivity index (χ3v) is 12.2. The van der Waals surface area contributed by atoms with E-state index in [1.165, 1.54) is 0 Å². The Bertz CT molecular complexity index is 1690. The van der Waals surface area contributed by atoms with Gasteiger partial charge in [-0.2, -0.15) is 0 Å². The highest BCUT2D eigenvalue weighted by Gasteiger charge is 2.60. The average molecular weight is 715 g/mol. The predicted molar refractivity (Wildman–Crippen MR) is 200 cm³/mol. The molecule has 11 nitrogen and oxygen atoms in total. The summed E-state index contributed by atoms with van der Waals surface area (Å²) >= 11 is 0. The minimum Gasteiger partial charge on any atom is -0.462 e. The summed E-state index contributed by atoms with van der Waals surface area (Å²) in [5.41, 5.74) is 2.11. The molecule has 3 fully saturated rings. The highest BCUT2D eigenvalue weighted by Crippen LogP contribution is 2.62. The number of aromatic nitrogens is 1. The zero-order valence-electron chi connectivity index (χ0n) is 31.1. The molecule has 2 aliphatic heterocycles. The summed E-state index contributed by atoms with van der Waals surface area (Å²) in [5.74, 6) is -0.534. The van der Waals surface area contributed by atoms with Gasteiger partial charge in [0.2, 0.25) is 0 Å². The second-order valence-corrected chi connectivity index (χ2v) is 15.3. The molecule has 1 aromatic heterocycles. The lowest BCUT2D eigenvalue weighted by Crippen LogP contribution is -2.62. The van der Waals surface area contributed by atoms with E-state index in [0.29, 0.717) is 43.0 Å². The molecular weight excluding hydrogens is 660 g/mol. The number of nitrogens with one attached hydrogen (secondary N) is 1. The fourth-order valence-electron chi connectivity index (χ4n) is 9.20. The van der Waals surface area contributed by atoms with Crippen LogP contribution in [0.3, 0.4) is 0 Å². The molecule has 7 atom stereocenters. The Kier molecular flexibility index (Phi) is 11.3. The number of ether oxygens (including phenoxy) is 3. The fourth-order valence-corrected chi connectivity index (χ4v) is 9.20. The molecule has 4 unspecified atom stereocenters. The Morgan fingerprint density at radius 1 is 1.17 bits per heavy atom. The number of aliphatic hydroxyl groups is 2. The number of esters is 2. The molecule has 3 N–H and O–H groups in total. The van der Waals surface area contributed by atoms with E-state index in [2.05, 4.69) is 22.1 Å². The molecule has 2 aliphatic carbocycles. The topological polar surface area (TPSA) is 134 Å². The summed E-state index contributed by atoms with van der Waals surface area (Å²) in [6.45, 7) is 13.6. The first-order valence-electron chi connectivity index (χ1n) is 18.5. The molecule has 3 heterocycles. The van der Waals surface area contributed by atoms with E-state index < -0.39 is 29.5 Å². The Hall–Kier alpha value is -4.03. The number of cyclic esters (lactones) is 1. The van der Waals surface area contributed by atoms with Crippen LogP contribution in [0.15, 0.2) is 78.2 Å². The second-order valence-electron chi connectivity index (χ2n) is 15.3. The molecule has 1 aromatic carbocycles. The molecule has 4 aliphatic rings. The monoisotopic (exact) mass is 714 g/mol. The molecule has 2 aromatic rings. The molecule has 11 heteroatoms. The maximum atomic E-state index is 14.0. The highest BCUT2D eigenvalue weighted by atomic mass is 16.6. The van der Waals surface area contributed by atoms with Crippen LogP contribution >= 0.6 is 0 Å². The van der Waals surface area contributed by atoms with Gasteiger partial charge in [-0.15, -0.1) is 0 Å². The molecule has 0 bridgehead atoms. The number of rotatable bonds is 11. The van der Waals surface area contributed by atoms with E-state index in [-0.39, 0.29) is 47.8 Å². The zero-order chi connectivity index (χ0) is 37.2. The van der Waals surface area contributed by atoms with Gasteiger partial charge in [0.1, 0.15) is 17.2 Å². The van der Waals surface area contributed by atoms with Gasteiger partial charge in [0.05, 0.1) is 44.1 Å². The number of carbonyl (C=O) groups is 2. The van der Waals surface area contributed by atoms with Gasteiger partial charge in [-0.3, -0.25) is 4.90 Å². The van der Waals surface area contributed by atoms with Gasteiger partial charge in [0.15, 0.2) is 0 Å². The quantitative estimate of drug-likeness (QED) is 0.168. The number of pyridine rings is 1. The summed E-state index contributed by atoms with van der Waals surface area (Å²) < 4.78 is 17.1. The maximum Gasteiger partial charge on any atom is 0.342 e. The van der Waals surface area contributed by atoms with Crippen molar-refractivity contribution in [1.82, 2.24) is 9.88 Å². The third kappa shape index (κ3) is 7.16. The van der Waals surface area contributed by atoms with Crippen molar-refractivity contribution in [1.29, 1.82) is 0 Å². The first-order chi connectivity index (χ1) is 24.9. The summed E-state index contributed by atoms with van der Waals surface area (Å²) in [7, 11) is 3.88. The van der Waals surface area contributed by atoms with Crippen molar-refractivity contribution < 1.29 is 34.0 Å². The third-order valence-electron chi connectivity index (χ3n) is 12.2. The summed E-state index contributed by atoms with van der Waals surface area (Å²) in [5, 5.41) is 25.8. The van der Waals surface area contributed by atoms with E-state index in [0.717, 1.165) is 37.2 Å². The maximum absolute atomic E-state index is 14.0.